The van der Waals surface area contributed by atoms with Gasteiger partial charge in [0.1, 0.15) is 11.5 Å². The van der Waals surface area contributed by atoms with Gasteiger partial charge in [-0.05, 0) is 12.5 Å². The molecule has 1 aliphatic rings. The normalized spacial score (nSPS) is 16.3. The Morgan fingerprint density at radius 2 is 1.52 bits per heavy atom. The highest BCUT2D eigenvalue weighted by Gasteiger charge is 2.23. The van der Waals surface area contributed by atoms with Gasteiger partial charge < -0.3 is 9.84 Å². The Morgan fingerprint density at radius 1 is 0.913 bits per heavy atom. The number of hydrogen-bond acceptors (Lipinski definition) is 2. The fourth-order valence-electron chi connectivity index (χ4n) is 3.56. The Kier molecular flexibility index (Phi) is 8.35. The Labute approximate surface area is 142 Å². The number of aromatic hydroxyl groups is 1. The Morgan fingerprint density at radius 3 is 2.17 bits per heavy atom. The quantitative estimate of drug-likeness (QED) is 0.442. The minimum absolute atomic E-state index is 0.305. The molecule has 0 aromatic heterocycles. The van der Waals surface area contributed by atoms with Crippen LogP contribution < -0.4 is 4.74 Å². The summed E-state index contributed by atoms with van der Waals surface area (Å²) in [6, 6.07) is 5.55. The van der Waals surface area contributed by atoms with Crippen LogP contribution in [0.5, 0.6) is 11.5 Å². The SMILES string of the molecule is CCCCCCCCCCCCCC1COc2cc(O)ccc21. The first-order valence-corrected chi connectivity index (χ1v) is 9.77. The zero-order chi connectivity index (χ0) is 16.3. The molecule has 0 radical (unpaired) electrons. The van der Waals surface area contributed by atoms with Crippen LogP contribution in [0.25, 0.3) is 0 Å². The minimum atomic E-state index is 0.305. The molecule has 130 valence electrons. The molecule has 0 saturated carbocycles. The Hall–Kier alpha value is -1.18. The van der Waals surface area contributed by atoms with E-state index in [1.807, 2.05) is 6.07 Å². The van der Waals surface area contributed by atoms with Crippen molar-refractivity contribution in [2.45, 2.75) is 89.9 Å². The van der Waals surface area contributed by atoms with Gasteiger partial charge in [-0.1, -0.05) is 83.6 Å². The lowest BCUT2D eigenvalue weighted by Gasteiger charge is -2.08. The van der Waals surface area contributed by atoms with Gasteiger partial charge in [0.05, 0.1) is 6.61 Å². The molecule has 1 atom stereocenters. The summed E-state index contributed by atoms with van der Waals surface area (Å²) in [6.07, 6.45) is 16.5. The van der Waals surface area contributed by atoms with E-state index >= 15 is 0 Å². The third-order valence-electron chi connectivity index (χ3n) is 5.03. The molecule has 2 nitrogen and oxygen atoms in total. The van der Waals surface area contributed by atoms with Crippen LogP contribution >= 0.6 is 0 Å². The number of unbranched alkanes of at least 4 members (excludes halogenated alkanes) is 10. The van der Waals surface area contributed by atoms with Crippen LogP contribution in [0.1, 0.15) is 95.5 Å². The number of hydrogen-bond donors (Lipinski definition) is 1. The zero-order valence-corrected chi connectivity index (χ0v) is 14.9. The highest BCUT2D eigenvalue weighted by Crippen LogP contribution is 2.38. The molecule has 1 aliphatic heterocycles. The molecule has 0 bridgehead atoms. The molecule has 0 fully saturated rings. The van der Waals surface area contributed by atoms with Crippen LogP contribution in [0, 0.1) is 0 Å². The van der Waals surface area contributed by atoms with E-state index in [1.54, 1.807) is 12.1 Å². The standard InChI is InChI=1S/C21H34O2/c1-2-3-4-5-6-7-8-9-10-11-12-13-18-17-23-21-16-19(22)14-15-20(18)21/h14-16,18,22H,2-13,17H2,1H3. The average Bonchev–Trinajstić information content (AvgIpc) is 2.94. The van der Waals surface area contributed by atoms with Gasteiger partial charge >= 0.3 is 0 Å². The van der Waals surface area contributed by atoms with Gasteiger partial charge in [0, 0.05) is 17.5 Å². The largest absolute Gasteiger partial charge is 0.508 e. The van der Waals surface area contributed by atoms with Gasteiger partial charge in [-0.15, -0.1) is 0 Å². The summed E-state index contributed by atoms with van der Waals surface area (Å²) < 4.78 is 5.68. The maximum atomic E-state index is 9.48. The molecule has 1 aromatic carbocycles. The highest BCUT2D eigenvalue weighted by atomic mass is 16.5. The summed E-state index contributed by atoms with van der Waals surface area (Å²) >= 11 is 0. The van der Waals surface area contributed by atoms with Crippen molar-refractivity contribution in [2.75, 3.05) is 6.61 Å². The molecule has 23 heavy (non-hydrogen) atoms. The number of fused-ring (bicyclic) bond motifs is 1. The molecule has 0 aliphatic carbocycles. The summed E-state index contributed by atoms with van der Waals surface area (Å²) in [7, 11) is 0. The van der Waals surface area contributed by atoms with Gasteiger partial charge in [0.2, 0.25) is 0 Å². The van der Waals surface area contributed by atoms with E-state index in [0.29, 0.717) is 11.7 Å². The maximum Gasteiger partial charge on any atom is 0.126 e. The van der Waals surface area contributed by atoms with Crippen molar-refractivity contribution in [1.29, 1.82) is 0 Å². The van der Waals surface area contributed by atoms with Crippen molar-refractivity contribution in [2.24, 2.45) is 0 Å². The fourth-order valence-corrected chi connectivity index (χ4v) is 3.56. The van der Waals surface area contributed by atoms with Crippen molar-refractivity contribution in [3.63, 3.8) is 0 Å². The maximum absolute atomic E-state index is 9.48. The van der Waals surface area contributed by atoms with E-state index in [9.17, 15) is 5.11 Å². The zero-order valence-electron chi connectivity index (χ0n) is 14.9. The summed E-state index contributed by atoms with van der Waals surface area (Å²) in [5.74, 6) is 1.72. The van der Waals surface area contributed by atoms with Gasteiger partial charge in [-0.2, -0.15) is 0 Å². The molecule has 2 heteroatoms. The number of phenols is 1. The van der Waals surface area contributed by atoms with Crippen LogP contribution in [0.15, 0.2) is 18.2 Å². The van der Waals surface area contributed by atoms with Gasteiger partial charge in [0.25, 0.3) is 0 Å². The summed E-state index contributed by atoms with van der Waals surface area (Å²) in [4.78, 5) is 0. The molecule has 2 rings (SSSR count). The topological polar surface area (TPSA) is 29.5 Å². The van der Waals surface area contributed by atoms with Crippen molar-refractivity contribution >= 4 is 0 Å². The number of ether oxygens (including phenoxy) is 1. The first-order chi connectivity index (χ1) is 11.3. The van der Waals surface area contributed by atoms with E-state index in [1.165, 1.54) is 82.6 Å². The monoisotopic (exact) mass is 318 g/mol. The number of benzene rings is 1. The second-order valence-electron chi connectivity index (χ2n) is 7.05. The van der Waals surface area contributed by atoms with Crippen molar-refractivity contribution < 1.29 is 9.84 Å². The molecule has 1 heterocycles. The smallest absolute Gasteiger partial charge is 0.126 e. The molecule has 1 unspecified atom stereocenters. The van der Waals surface area contributed by atoms with Crippen LogP contribution in [-0.4, -0.2) is 11.7 Å². The highest BCUT2D eigenvalue weighted by molar-refractivity contribution is 5.44. The average molecular weight is 319 g/mol. The second-order valence-corrected chi connectivity index (χ2v) is 7.05. The molecule has 1 aromatic rings. The molecule has 0 spiro atoms. The van der Waals surface area contributed by atoms with E-state index in [2.05, 4.69) is 6.92 Å². The van der Waals surface area contributed by atoms with E-state index < -0.39 is 0 Å². The predicted molar refractivity (Wildman–Crippen MR) is 97.4 cm³/mol. The Bertz CT molecular complexity index is 441. The van der Waals surface area contributed by atoms with Crippen LogP contribution in [0.2, 0.25) is 0 Å². The van der Waals surface area contributed by atoms with Gasteiger partial charge in [-0.25, -0.2) is 0 Å². The lowest BCUT2D eigenvalue weighted by atomic mass is 9.94. The molecular formula is C21H34O2. The lowest BCUT2D eigenvalue weighted by Crippen LogP contribution is -2.00. The van der Waals surface area contributed by atoms with Crippen LogP contribution in [0.4, 0.5) is 0 Å². The minimum Gasteiger partial charge on any atom is -0.508 e. The summed E-state index contributed by atoms with van der Waals surface area (Å²) in [5, 5.41) is 9.48. The third kappa shape index (κ3) is 6.45. The van der Waals surface area contributed by atoms with Gasteiger partial charge in [-0.3, -0.25) is 0 Å². The third-order valence-corrected chi connectivity index (χ3v) is 5.03. The first kappa shape index (κ1) is 18.2. The lowest BCUT2D eigenvalue weighted by molar-refractivity contribution is 0.320. The van der Waals surface area contributed by atoms with Crippen molar-refractivity contribution in [3.8, 4) is 11.5 Å². The van der Waals surface area contributed by atoms with E-state index in [0.717, 1.165) is 12.4 Å². The van der Waals surface area contributed by atoms with Crippen molar-refractivity contribution in [3.05, 3.63) is 23.8 Å². The number of phenolic OH excluding ortho intramolecular Hbond substituents is 1. The summed E-state index contributed by atoms with van der Waals surface area (Å²) in [6.45, 7) is 3.07. The first-order valence-electron chi connectivity index (χ1n) is 9.77. The molecular weight excluding hydrogens is 284 g/mol. The van der Waals surface area contributed by atoms with E-state index in [-0.39, 0.29) is 0 Å². The molecule has 1 N–H and O–H groups in total. The van der Waals surface area contributed by atoms with Crippen molar-refractivity contribution in [1.82, 2.24) is 0 Å². The predicted octanol–water partition coefficient (Wildman–Crippen LogP) is 6.57. The second kappa shape index (κ2) is 10.6. The van der Waals surface area contributed by atoms with Crippen LogP contribution in [-0.2, 0) is 0 Å². The van der Waals surface area contributed by atoms with Crippen LogP contribution in [0.3, 0.4) is 0 Å². The Balaban J connectivity index is 1.46. The number of rotatable bonds is 12. The van der Waals surface area contributed by atoms with E-state index in [4.69, 9.17) is 4.74 Å². The summed E-state index contributed by atoms with van der Waals surface area (Å²) in [5.41, 5.74) is 1.29. The molecule has 0 saturated heterocycles. The van der Waals surface area contributed by atoms with Gasteiger partial charge in [0.15, 0.2) is 0 Å². The fraction of sp³-hybridized carbons (Fsp3) is 0.714. The molecule has 0 amide bonds.